The first kappa shape index (κ1) is 15.5. The van der Waals surface area contributed by atoms with Crippen LogP contribution in [0, 0.1) is 11.3 Å². The number of hydrogen-bond donors (Lipinski definition) is 1. The molecule has 0 radical (unpaired) electrons. The summed E-state index contributed by atoms with van der Waals surface area (Å²) in [5.74, 6) is 0. The van der Waals surface area contributed by atoms with Crippen LogP contribution in [0.4, 0.5) is 5.69 Å². The maximum absolute atomic E-state index is 12.4. The van der Waals surface area contributed by atoms with Crippen LogP contribution in [0.1, 0.15) is 13.8 Å². The van der Waals surface area contributed by atoms with E-state index in [0.717, 1.165) is 5.69 Å². The van der Waals surface area contributed by atoms with E-state index < -0.39 is 7.60 Å². The number of hydrogen-bond acceptors (Lipinski definition) is 5. The number of allylic oxidation sites excluding steroid dienone is 1. The summed E-state index contributed by atoms with van der Waals surface area (Å²) in [5, 5.41) is 12.0. The van der Waals surface area contributed by atoms with E-state index in [2.05, 4.69) is 5.32 Å². The third-order valence-electron chi connectivity index (χ3n) is 2.16. The van der Waals surface area contributed by atoms with Crippen molar-refractivity contribution >= 4 is 13.3 Å². The minimum atomic E-state index is -3.53. The number of nitrogens with one attached hydrogen (secondary N) is 1. The molecule has 1 N–H and O–H groups in total. The van der Waals surface area contributed by atoms with Crippen molar-refractivity contribution in [3.05, 3.63) is 41.8 Å². The standard InChI is InChI=1S/C13H17N2O3P/c1-3-17-19(16,18-4-2)13(10-14)11-15-12-8-6-5-7-9-12/h5-9,11,15H,3-4H2,1-2H3/b13-11+. The number of para-hydroxylation sites is 1. The molecule has 0 aromatic heterocycles. The van der Waals surface area contributed by atoms with Gasteiger partial charge in [-0.1, -0.05) is 18.2 Å². The average molecular weight is 280 g/mol. The molecule has 1 aromatic carbocycles. The second-order valence-electron chi connectivity index (χ2n) is 3.48. The summed E-state index contributed by atoms with van der Waals surface area (Å²) in [6, 6.07) is 11.1. The van der Waals surface area contributed by atoms with Crippen LogP contribution in [0.25, 0.3) is 0 Å². The van der Waals surface area contributed by atoms with E-state index in [1.165, 1.54) is 6.20 Å². The highest BCUT2D eigenvalue weighted by molar-refractivity contribution is 7.58. The van der Waals surface area contributed by atoms with Gasteiger partial charge in [-0.05, 0) is 26.0 Å². The summed E-state index contributed by atoms with van der Waals surface area (Å²) in [4.78, 5) is 0. The molecule has 0 aliphatic rings. The van der Waals surface area contributed by atoms with E-state index in [1.807, 2.05) is 36.4 Å². The van der Waals surface area contributed by atoms with Gasteiger partial charge < -0.3 is 14.4 Å². The smallest absolute Gasteiger partial charge is 0.360 e. The molecule has 0 aliphatic carbocycles. The lowest BCUT2D eigenvalue weighted by molar-refractivity contribution is 0.227. The molecule has 5 nitrogen and oxygen atoms in total. The van der Waals surface area contributed by atoms with Crippen molar-refractivity contribution in [3.63, 3.8) is 0 Å². The van der Waals surface area contributed by atoms with Gasteiger partial charge in [0.05, 0.1) is 13.2 Å². The predicted octanol–water partition coefficient (Wildman–Crippen LogP) is 3.73. The molecule has 1 rings (SSSR count). The fourth-order valence-corrected chi connectivity index (χ4v) is 2.75. The van der Waals surface area contributed by atoms with Crippen molar-refractivity contribution in [2.45, 2.75) is 13.8 Å². The van der Waals surface area contributed by atoms with Crippen LogP contribution >= 0.6 is 7.60 Å². The van der Waals surface area contributed by atoms with Crippen LogP contribution < -0.4 is 5.32 Å². The van der Waals surface area contributed by atoms with Crippen molar-refractivity contribution < 1.29 is 13.6 Å². The minimum Gasteiger partial charge on any atom is -0.360 e. The highest BCUT2D eigenvalue weighted by Crippen LogP contribution is 2.55. The monoisotopic (exact) mass is 280 g/mol. The first-order valence-corrected chi connectivity index (χ1v) is 7.52. The molecule has 0 spiro atoms. The lowest BCUT2D eigenvalue weighted by atomic mass is 10.3. The molecule has 19 heavy (non-hydrogen) atoms. The van der Waals surface area contributed by atoms with Crippen molar-refractivity contribution in [3.8, 4) is 6.07 Å². The molecule has 0 unspecified atom stereocenters. The van der Waals surface area contributed by atoms with E-state index in [0.29, 0.717) is 0 Å². The summed E-state index contributed by atoms with van der Waals surface area (Å²) < 4.78 is 22.6. The van der Waals surface area contributed by atoms with Crippen molar-refractivity contribution in [1.29, 1.82) is 5.26 Å². The molecule has 0 atom stereocenters. The van der Waals surface area contributed by atoms with Crippen LogP contribution in [0.2, 0.25) is 0 Å². The van der Waals surface area contributed by atoms with Gasteiger partial charge in [-0.3, -0.25) is 4.57 Å². The number of nitriles is 1. The maximum Gasteiger partial charge on any atom is 0.373 e. The molecule has 0 saturated heterocycles. The Hall–Kier alpha value is -1.60. The first-order valence-electron chi connectivity index (χ1n) is 5.97. The third kappa shape index (κ3) is 4.53. The quantitative estimate of drug-likeness (QED) is 0.608. The van der Waals surface area contributed by atoms with Gasteiger partial charge in [0, 0.05) is 11.9 Å². The largest absolute Gasteiger partial charge is 0.373 e. The fraction of sp³-hybridized carbons (Fsp3) is 0.308. The number of benzene rings is 1. The average Bonchev–Trinajstić information content (AvgIpc) is 2.41. The van der Waals surface area contributed by atoms with Gasteiger partial charge in [0.25, 0.3) is 0 Å². The minimum absolute atomic E-state index is 0.0416. The van der Waals surface area contributed by atoms with Crippen molar-refractivity contribution in [2.75, 3.05) is 18.5 Å². The van der Waals surface area contributed by atoms with Crippen LogP contribution in [-0.4, -0.2) is 13.2 Å². The fourth-order valence-electron chi connectivity index (χ4n) is 1.37. The Balaban J connectivity index is 2.92. The summed E-state index contributed by atoms with van der Waals surface area (Å²) >= 11 is 0. The number of nitrogens with zero attached hydrogens (tertiary/aromatic N) is 1. The third-order valence-corrected chi connectivity index (χ3v) is 4.17. The molecule has 6 heteroatoms. The molecular weight excluding hydrogens is 263 g/mol. The van der Waals surface area contributed by atoms with Gasteiger partial charge in [-0.2, -0.15) is 5.26 Å². The SMILES string of the molecule is CCOP(=O)(OCC)/C(C#N)=C/Nc1ccccc1. The zero-order valence-electron chi connectivity index (χ0n) is 11.0. The summed E-state index contributed by atoms with van der Waals surface area (Å²) in [6.45, 7) is 3.82. The second kappa shape index (κ2) is 7.75. The second-order valence-corrected chi connectivity index (χ2v) is 5.48. The van der Waals surface area contributed by atoms with Crippen LogP contribution in [0.15, 0.2) is 41.8 Å². The molecular formula is C13H17N2O3P. The maximum atomic E-state index is 12.4. The van der Waals surface area contributed by atoms with E-state index in [1.54, 1.807) is 13.8 Å². The van der Waals surface area contributed by atoms with Crippen LogP contribution in [0.5, 0.6) is 0 Å². The summed E-state index contributed by atoms with van der Waals surface area (Å²) in [5.41, 5.74) is 0.787. The Morgan fingerprint density at radius 1 is 1.32 bits per heavy atom. The van der Waals surface area contributed by atoms with Crippen molar-refractivity contribution in [2.24, 2.45) is 0 Å². The zero-order valence-corrected chi connectivity index (χ0v) is 11.9. The Labute approximate surface area is 113 Å². The van der Waals surface area contributed by atoms with Gasteiger partial charge in [-0.15, -0.1) is 0 Å². The van der Waals surface area contributed by atoms with Gasteiger partial charge >= 0.3 is 7.60 Å². The lowest BCUT2D eigenvalue weighted by Crippen LogP contribution is -2.00. The highest BCUT2D eigenvalue weighted by atomic mass is 31.2. The van der Waals surface area contributed by atoms with E-state index in [4.69, 9.17) is 14.3 Å². The van der Waals surface area contributed by atoms with Gasteiger partial charge in [-0.25, -0.2) is 0 Å². The molecule has 0 aliphatic heterocycles. The van der Waals surface area contributed by atoms with E-state index >= 15 is 0 Å². The molecule has 0 saturated carbocycles. The Bertz CT molecular complexity index is 498. The lowest BCUT2D eigenvalue weighted by Gasteiger charge is -2.15. The number of anilines is 1. The van der Waals surface area contributed by atoms with E-state index in [-0.39, 0.29) is 18.5 Å². The molecule has 0 heterocycles. The van der Waals surface area contributed by atoms with Gasteiger partial charge in [0.2, 0.25) is 0 Å². The summed E-state index contributed by atoms with van der Waals surface area (Å²) in [7, 11) is -3.53. The predicted molar refractivity (Wildman–Crippen MR) is 74.6 cm³/mol. The van der Waals surface area contributed by atoms with Crippen LogP contribution in [-0.2, 0) is 13.6 Å². The zero-order chi connectivity index (χ0) is 14.1. The van der Waals surface area contributed by atoms with Crippen molar-refractivity contribution in [1.82, 2.24) is 0 Å². The topological polar surface area (TPSA) is 71.3 Å². The van der Waals surface area contributed by atoms with Gasteiger partial charge in [0.15, 0.2) is 5.31 Å². The number of rotatable bonds is 7. The molecule has 1 aromatic rings. The Morgan fingerprint density at radius 2 is 1.89 bits per heavy atom. The molecule has 0 bridgehead atoms. The molecule has 102 valence electrons. The Morgan fingerprint density at radius 3 is 2.37 bits per heavy atom. The van der Waals surface area contributed by atoms with E-state index in [9.17, 15) is 4.57 Å². The Kier molecular flexibility index (Phi) is 6.31. The normalized spacial score (nSPS) is 11.9. The first-order chi connectivity index (χ1) is 9.16. The van der Waals surface area contributed by atoms with Gasteiger partial charge in [0.1, 0.15) is 6.07 Å². The highest BCUT2D eigenvalue weighted by Gasteiger charge is 2.29. The molecule has 0 fully saturated rings. The molecule has 0 amide bonds. The van der Waals surface area contributed by atoms with Crippen LogP contribution in [0.3, 0.4) is 0 Å². The summed E-state index contributed by atoms with van der Waals surface area (Å²) in [6.07, 6.45) is 1.36.